The lowest BCUT2D eigenvalue weighted by molar-refractivity contribution is -0.118. The number of carbonyl (C=O) groups excluding carboxylic acids is 1. The Kier molecular flexibility index (Phi) is 5.51. The quantitative estimate of drug-likeness (QED) is 0.741. The molecule has 0 bridgehead atoms. The van der Waals surface area contributed by atoms with Gasteiger partial charge in [-0.2, -0.15) is 0 Å². The molecule has 0 saturated heterocycles. The van der Waals surface area contributed by atoms with Crippen molar-refractivity contribution < 1.29 is 17.9 Å². The van der Waals surface area contributed by atoms with Crippen LogP contribution in [0, 0.1) is 0 Å². The first-order valence-electron chi connectivity index (χ1n) is 8.74. The van der Waals surface area contributed by atoms with Gasteiger partial charge >= 0.3 is 0 Å². The van der Waals surface area contributed by atoms with Crippen molar-refractivity contribution >= 4 is 27.3 Å². The Hall–Kier alpha value is -2.80. The average molecular weight is 386 g/mol. The molecule has 3 rings (SSSR count). The Balaban J connectivity index is 1.82. The first kappa shape index (κ1) is 19.0. The van der Waals surface area contributed by atoms with Gasteiger partial charge in [-0.05, 0) is 42.3 Å². The largest absolute Gasteiger partial charge is 0.489 e. The molecule has 142 valence electrons. The maximum atomic E-state index is 12.7. The summed E-state index contributed by atoms with van der Waals surface area (Å²) < 4.78 is 33.5. The van der Waals surface area contributed by atoms with Crippen LogP contribution in [0.5, 0.6) is 5.75 Å². The number of amides is 1. The van der Waals surface area contributed by atoms with E-state index in [2.05, 4.69) is 11.3 Å². The van der Waals surface area contributed by atoms with E-state index >= 15 is 0 Å². The van der Waals surface area contributed by atoms with Crippen LogP contribution in [-0.4, -0.2) is 27.5 Å². The highest BCUT2D eigenvalue weighted by Crippen LogP contribution is 2.31. The van der Waals surface area contributed by atoms with Gasteiger partial charge in [-0.1, -0.05) is 25.6 Å². The molecule has 0 fully saturated rings. The van der Waals surface area contributed by atoms with Gasteiger partial charge in [-0.15, -0.1) is 0 Å². The molecule has 1 aliphatic rings. The van der Waals surface area contributed by atoms with E-state index < -0.39 is 10.0 Å². The van der Waals surface area contributed by atoms with Crippen molar-refractivity contribution in [1.82, 2.24) is 0 Å². The third kappa shape index (κ3) is 4.14. The Bertz CT molecular complexity index is 970. The molecule has 0 aliphatic carbocycles. The number of anilines is 2. The second kappa shape index (κ2) is 7.84. The minimum absolute atomic E-state index is 0.0406. The first-order valence-corrected chi connectivity index (χ1v) is 10.2. The fraction of sp³-hybridized carbons (Fsp3) is 0.250. The predicted molar refractivity (Wildman–Crippen MR) is 106 cm³/mol. The maximum absolute atomic E-state index is 12.7. The zero-order chi connectivity index (χ0) is 19.4. The number of nitrogens with zero attached hydrogens (tertiary/aromatic N) is 1. The Morgan fingerprint density at radius 1 is 1.30 bits per heavy atom. The normalized spacial score (nSPS) is 13.1. The topological polar surface area (TPSA) is 75.7 Å². The zero-order valence-electron chi connectivity index (χ0n) is 15.1. The van der Waals surface area contributed by atoms with E-state index in [1.807, 2.05) is 6.92 Å². The number of carbonyl (C=O) groups is 1. The highest BCUT2D eigenvalue weighted by molar-refractivity contribution is 7.92. The molecule has 0 atom stereocenters. The van der Waals surface area contributed by atoms with Crippen LogP contribution in [0.1, 0.15) is 18.9 Å². The molecule has 0 spiro atoms. The van der Waals surface area contributed by atoms with Crippen LogP contribution in [-0.2, 0) is 21.2 Å². The first-order chi connectivity index (χ1) is 12.9. The summed E-state index contributed by atoms with van der Waals surface area (Å²) in [5.74, 6) is 0.594. The summed E-state index contributed by atoms with van der Waals surface area (Å²) in [7, 11) is -3.74. The van der Waals surface area contributed by atoms with E-state index in [1.165, 1.54) is 6.07 Å². The molecule has 0 unspecified atom stereocenters. The fourth-order valence-corrected chi connectivity index (χ4v) is 4.11. The zero-order valence-corrected chi connectivity index (χ0v) is 16.0. The molecule has 27 heavy (non-hydrogen) atoms. The lowest BCUT2D eigenvalue weighted by atomic mass is 10.2. The summed E-state index contributed by atoms with van der Waals surface area (Å²) in [6.07, 6.45) is 2.69. The van der Waals surface area contributed by atoms with E-state index in [4.69, 9.17) is 4.74 Å². The van der Waals surface area contributed by atoms with Crippen molar-refractivity contribution in [3.05, 3.63) is 60.7 Å². The molecule has 1 heterocycles. The van der Waals surface area contributed by atoms with Crippen molar-refractivity contribution in [2.45, 2.75) is 24.7 Å². The molecule has 2 aromatic carbocycles. The molecule has 2 aromatic rings. The summed E-state index contributed by atoms with van der Waals surface area (Å²) in [5, 5.41) is 0. The molecular formula is C20H22N2O4S. The fourth-order valence-electron chi connectivity index (χ4n) is 3.01. The SMILES string of the molecule is C=CCOc1cccc(NS(=O)(=O)c2ccc3c(c2)CCN3C(=O)CC)c1. The van der Waals surface area contributed by atoms with Gasteiger partial charge in [0.15, 0.2) is 0 Å². The molecular weight excluding hydrogens is 364 g/mol. The maximum Gasteiger partial charge on any atom is 0.261 e. The van der Waals surface area contributed by atoms with E-state index in [0.29, 0.717) is 37.4 Å². The molecule has 0 radical (unpaired) electrons. The highest BCUT2D eigenvalue weighted by Gasteiger charge is 2.25. The molecule has 0 aromatic heterocycles. The van der Waals surface area contributed by atoms with Crippen molar-refractivity contribution in [1.29, 1.82) is 0 Å². The number of nitrogens with one attached hydrogen (secondary N) is 1. The van der Waals surface area contributed by atoms with Crippen molar-refractivity contribution in [2.24, 2.45) is 0 Å². The number of sulfonamides is 1. The lowest BCUT2D eigenvalue weighted by Gasteiger charge is -2.16. The Morgan fingerprint density at radius 2 is 2.11 bits per heavy atom. The van der Waals surface area contributed by atoms with Gasteiger partial charge in [-0.25, -0.2) is 8.42 Å². The summed E-state index contributed by atoms with van der Waals surface area (Å²) in [6, 6.07) is 11.6. The van der Waals surface area contributed by atoms with Gasteiger partial charge in [0, 0.05) is 24.7 Å². The van der Waals surface area contributed by atoms with Gasteiger partial charge in [0.1, 0.15) is 12.4 Å². The smallest absolute Gasteiger partial charge is 0.261 e. The summed E-state index contributed by atoms with van der Waals surface area (Å²) >= 11 is 0. The standard InChI is InChI=1S/C20H22N2O4S/c1-3-12-26-17-7-5-6-16(14-17)21-27(24,25)18-8-9-19-15(13-18)10-11-22(19)20(23)4-2/h3,5-9,13-14,21H,1,4,10-12H2,2H3. The second-order valence-electron chi connectivity index (χ2n) is 6.17. The van der Waals surface area contributed by atoms with Crippen LogP contribution in [0.25, 0.3) is 0 Å². The lowest BCUT2D eigenvalue weighted by Crippen LogP contribution is -2.27. The molecule has 1 aliphatic heterocycles. The van der Waals surface area contributed by atoms with Crippen molar-refractivity contribution in [2.75, 3.05) is 22.8 Å². The molecule has 7 heteroatoms. The number of benzene rings is 2. The third-order valence-electron chi connectivity index (χ3n) is 4.31. The van der Waals surface area contributed by atoms with Crippen LogP contribution in [0.15, 0.2) is 60.0 Å². The van der Waals surface area contributed by atoms with Crippen molar-refractivity contribution in [3.63, 3.8) is 0 Å². The van der Waals surface area contributed by atoms with Gasteiger partial charge < -0.3 is 9.64 Å². The summed E-state index contributed by atoms with van der Waals surface area (Å²) in [6.45, 7) is 6.33. The average Bonchev–Trinajstić information content (AvgIpc) is 3.09. The van der Waals surface area contributed by atoms with Gasteiger partial charge in [-0.3, -0.25) is 9.52 Å². The Labute approximate surface area is 159 Å². The third-order valence-corrected chi connectivity index (χ3v) is 5.69. The number of rotatable bonds is 7. The monoisotopic (exact) mass is 386 g/mol. The number of ether oxygens (including phenoxy) is 1. The molecule has 6 nitrogen and oxygen atoms in total. The van der Waals surface area contributed by atoms with Crippen LogP contribution < -0.4 is 14.4 Å². The minimum atomic E-state index is -3.74. The molecule has 1 N–H and O–H groups in total. The van der Waals surface area contributed by atoms with Crippen LogP contribution in [0.2, 0.25) is 0 Å². The van der Waals surface area contributed by atoms with Crippen LogP contribution >= 0.6 is 0 Å². The number of fused-ring (bicyclic) bond motifs is 1. The molecule has 1 amide bonds. The van der Waals surface area contributed by atoms with E-state index in [1.54, 1.807) is 47.4 Å². The van der Waals surface area contributed by atoms with Gasteiger partial charge in [0.25, 0.3) is 10.0 Å². The van der Waals surface area contributed by atoms with E-state index in [-0.39, 0.29) is 10.8 Å². The van der Waals surface area contributed by atoms with Crippen LogP contribution in [0.3, 0.4) is 0 Å². The van der Waals surface area contributed by atoms with Crippen LogP contribution in [0.4, 0.5) is 11.4 Å². The number of hydrogen-bond acceptors (Lipinski definition) is 4. The van der Waals surface area contributed by atoms with Gasteiger partial charge in [0.05, 0.1) is 10.6 Å². The highest BCUT2D eigenvalue weighted by atomic mass is 32.2. The summed E-state index contributed by atoms with van der Waals surface area (Å²) in [5.41, 5.74) is 2.07. The van der Waals surface area contributed by atoms with Gasteiger partial charge in [0.2, 0.25) is 5.91 Å². The predicted octanol–water partition coefficient (Wildman–Crippen LogP) is 3.35. The second-order valence-corrected chi connectivity index (χ2v) is 7.85. The summed E-state index contributed by atoms with van der Waals surface area (Å²) in [4.78, 5) is 13.9. The Morgan fingerprint density at radius 3 is 2.85 bits per heavy atom. The van der Waals surface area contributed by atoms with E-state index in [0.717, 1.165) is 11.3 Å². The van der Waals surface area contributed by atoms with E-state index in [9.17, 15) is 13.2 Å². The van der Waals surface area contributed by atoms with Crippen molar-refractivity contribution in [3.8, 4) is 5.75 Å². The minimum Gasteiger partial charge on any atom is -0.489 e. The molecule has 0 saturated carbocycles. The number of hydrogen-bond donors (Lipinski definition) is 1.